The third-order valence-corrected chi connectivity index (χ3v) is 4.68. The first-order valence-corrected chi connectivity index (χ1v) is 9.04. The molecule has 2 atom stereocenters. The number of nitrogens with zero attached hydrogens (tertiary/aromatic N) is 1. The smallest absolute Gasteiger partial charge is 0.237 e. The lowest BCUT2D eigenvalue weighted by molar-refractivity contribution is -0.135. The molecule has 148 valence electrons. The molecule has 1 fully saturated rings. The fourth-order valence-corrected chi connectivity index (χ4v) is 3.36. The van der Waals surface area contributed by atoms with Gasteiger partial charge in [-0.3, -0.25) is 9.59 Å². The summed E-state index contributed by atoms with van der Waals surface area (Å²) in [4.78, 5) is 26.9. The number of rotatable bonds is 5. The second-order valence-electron chi connectivity index (χ2n) is 7.13. The van der Waals surface area contributed by atoms with Crippen LogP contribution >= 0.6 is 0 Å². The number of carbonyl (C=O) groups excluding carboxylic acids is 2. The Morgan fingerprint density at radius 1 is 1.18 bits per heavy atom. The molecule has 0 radical (unpaired) electrons. The van der Waals surface area contributed by atoms with Crippen molar-refractivity contribution < 1.29 is 23.1 Å². The van der Waals surface area contributed by atoms with Crippen molar-refractivity contribution in [2.75, 3.05) is 18.9 Å². The van der Waals surface area contributed by atoms with Crippen molar-refractivity contribution in [2.24, 2.45) is 5.92 Å². The highest BCUT2D eigenvalue weighted by molar-refractivity contribution is 6.08. The summed E-state index contributed by atoms with van der Waals surface area (Å²) in [5.74, 6) is -3.53. The molecular formula is C21H22F2N2O3. The summed E-state index contributed by atoms with van der Waals surface area (Å²) in [5.41, 5.74) is 0.625. The Bertz CT molecular complexity index is 901. The number of amides is 2. The fourth-order valence-electron chi connectivity index (χ4n) is 3.36. The molecule has 0 spiro atoms. The van der Waals surface area contributed by atoms with Crippen LogP contribution < -0.4 is 10.1 Å². The van der Waals surface area contributed by atoms with Gasteiger partial charge in [-0.05, 0) is 43.7 Å². The zero-order valence-corrected chi connectivity index (χ0v) is 15.9. The van der Waals surface area contributed by atoms with E-state index in [0.717, 1.165) is 0 Å². The summed E-state index contributed by atoms with van der Waals surface area (Å²) >= 11 is 0. The Morgan fingerprint density at radius 2 is 1.89 bits per heavy atom. The van der Waals surface area contributed by atoms with Crippen LogP contribution in [0.3, 0.4) is 0 Å². The number of para-hydroxylation sites is 1. The van der Waals surface area contributed by atoms with Gasteiger partial charge in [-0.15, -0.1) is 0 Å². The zero-order valence-electron chi connectivity index (χ0n) is 15.9. The van der Waals surface area contributed by atoms with Crippen molar-refractivity contribution in [1.29, 1.82) is 0 Å². The Labute approximate surface area is 162 Å². The summed E-state index contributed by atoms with van der Waals surface area (Å²) in [5, 5.41) is 2.49. The van der Waals surface area contributed by atoms with Gasteiger partial charge < -0.3 is 15.0 Å². The van der Waals surface area contributed by atoms with Gasteiger partial charge in [0.1, 0.15) is 11.7 Å². The third-order valence-electron chi connectivity index (χ3n) is 4.68. The van der Waals surface area contributed by atoms with Crippen LogP contribution in [0, 0.1) is 17.6 Å². The summed E-state index contributed by atoms with van der Waals surface area (Å²) < 4.78 is 33.4. The number of nitrogens with one attached hydrogen (secondary N) is 1. The molecule has 0 aliphatic carbocycles. The summed E-state index contributed by atoms with van der Waals surface area (Å²) in [6.45, 7) is 3.86. The van der Waals surface area contributed by atoms with Crippen LogP contribution in [0.2, 0.25) is 0 Å². The van der Waals surface area contributed by atoms with Crippen molar-refractivity contribution in [3.63, 3.8) is 0 Å². The molecular weight excluding hydrogens is 366 g/mol. The lowest BCUT2D eigenvalue weighted by Gasteiger charge is -2.19. The summed E-state index contributed by atoms with van der Waals surface area (Å²) in [6, 6.07) is 10.1. The predicted molar refractivity (Wildman–Crippen MR) is 101 cm³/mol. The van der Waals surface area contributed by atoms with Crippen LogP contribution in [0.1, 0.15) is 25.3 Å². The van der Waals surface area contributed by atoms with E-state index in [-0.39, 0.29) is 23.4 Å². The first-order chi connectivity index (χ1) is 13.3. The second-order valence-corrected chi connectivity index (χ2v) is 7.13. The standard InChI is InChI=1S/C21H22F2N2O3/c1-12(2)28-18-10-13(8-9-16(18)23)14-11-25(3)21(27)19(14)20(26)24-17-7-5-4-6-15(17)22/h4-10,12,14,19H,11H2,1-3H3,(H,24,26)/t14-,19+/m1/s1. The molecule has 2 aromatic carbocycles. The van der Waals surface area contributed by atoms with Crippen molar-refractivity contribution in [1.82, 2.24) is 4.90 Å². The minimum Gasteiger partial charge on any atom is -0.488 e. The Morgan fingerprint density at radius 3 is 2.57 bits per heavy atom. The first-order valence-electron chi connectivity index (χ1n) is 9.04. The zero-order chi connectivity index (χ0) is 20.4. The Kier molecular flexibility index (Phi) is 5.63. The van der Waals surface area contributed by atoms with E-state index in [0.29, 0.717) is 12.1 Å². The molecule has 28 heavy (non-hydrogen) atoms. The maximum atomic E-state index is 14.0. The topological polar surface area (TPSA) is 58.6 Å². The van der Waals surface area contributed by atoms with E-state index in [1.165, 1.54) is 35.2 Å². The van der Waals surface area contributed by atoms with Gasteiger partial charge in [0.05, 0.1) is 11.8 Å². The highest BCUT2D eigenvalue weighted by Gasteiger charge is 2.44. The maximum Gasteiger partial charge on any atom is 0.237 e. The van der Waals surface area contributed by atoms with Gasteiger partial charge in [-0.1, -0.05) is 18.2 Å². The maximum absolute atomic E-state index is 14.0. The largest absolute Gasteiger partial charge is 0.488 e. The van der Waals surface area contributed by atoms with Gasteiger partial charge in [-0.25, -0.2) is 8.78 Å². The lowest BCUT2D eigenvalue weighted by atomic mass is 9.87. The van der Waals surface area contributed by atoms with Crippen LogP contribution in [-0.2, 0) is 9.59 Å². The van der Waals surface area contributed by atoms with E-state index in [2.05, 4.69) is 5.32 Å². The van der Waals surface area contributed by atoms with E-state index in [1.54, 1.807) is 33.0 Å². The lowest BCUT2D eigenvalue weighted by Crippen LogP contribution is -2.33. The average molecular weight is 388 g/mol. The van der Waals surface area contributed by atoms with Crippen LogP contribution in [0.5, 0.6) is 5.75 Å². The van der Waals surface area contributed by atoms with E-state index >= 15 is 0 Å². The van der Waals surface area contributed by atoms with Gasteiger partial charge in [0.2, 0.25) is 11.8 Å². The first kappa shape index (κ1) is 19.8. The van der Waals surface area contributed by atoms with E-state index in [1.807, 2.05) is 0 Å². The predicted octanol–water partition coefficient (Wildman–Crippen LogP) is 3.56. The molecule has 7 heteroatoms. The van der Waals surface area contributed by atoms with Gasteiger partial charge in [0, 0.05) is 19.5 Å². The summed E-state index contributed by atoms with van der Waals surface area (Å²) in [7, 11) is 1.60. The van der Waals surface area contributed by atoms with Crippen molar-refractivity contribution in [3.05, 3.63) is 59.7 Å². The minimum atomic E-state index is -1.04. The third kappa shape index (κ3) is 3.98. The molecule has 1 heterocycles. The quantitative estimate of drug-likeness (QED) is 0.797. The number of hydrogen-bond donors (Lipinski definition) is 1. The second kappa shape index (κ2) is 7.96. The van der Waals surface area contributed by atoms with Crippen LogP contribution in [-0.4, -0.2) is 36.4 Å². The van der Waals surface area contributed by atoms with Crippen LogP contribution in [0.15, 0.2) is 42.5 Å². The molecule has 0 aromatic heterocycles. The molecule has 0 bridgehead atoms. The monoisotopic (exact) mass is 388 g/mol. The molecule has 1 aliphatic rings. The number of ether oxygens (including phenoxy) is 1. The molecule has 5 nitrogen and oxygen atoms in total. The van der Waals surface area contributed by atoms with Gasteiger partial charge in [-0.2, -0.15) is 0 Å². The number of likely N-dealkylation sites (N-methyl/N-ethyl adjacent to an activating group) is 1. The van der Waals surface area contributed by atoms with Crippen LogP contribution in [0.25, 0.3) is 0 Å². The number of hydrogen-bond acceptors (Lipinski definition) is 3. The molecule has 1 aliphatic heterocycles. The van der Waals surface area contributed by atoms with Crippen molar-refractivity contribution in [3.8, 4) is 5.75 Å². The van der Waals surface area contributed by atoms with E-state index < -0.39 is 29.4 Å². The number of benzene rings is 2. The minimum absolute atomic E-state index is 0.0107. The Hall–Kier alpha value is -2.96. The molecule has 1 saturated heterocycles. The normalized spacial score (nSPS) is 19.2. The molecule has 0 unspecified atom stereocenters. The van der Waals surface area contributed by atoms with Gasteiger partial charge >= 0.3 is 0 Å². The van der Waals surface area contributed by atoms with Crippen molar-refractivity contribution >= 4 is 17.5 Å². The molecule has 3 rings (SSSR count). The van der Waals surface area contributed by atoms with Gasteiger partial charge in [0.25, 0.3) is 0 Å². The van der Waals surface area contributed by atoms with E-state index in [4.69, 9.17) is 4.74 Å². The fraction of sp³-hybridized carbons (Fsp3) is 0.333. The van der Waals surface area contributed by atoms with E-state index in [9.17, 15) is 18.4 Å². The molecule has 2 aromatic rings. The van der Waals surface area contributed by atoms with Gasteiger partial charge in [0.15, 0.2) is 11.6 Å². The molecule has 2 amide bonds. The number of anilines is 1. The van der Waals surface area contributed by atoms with Crippen molar-refractivity contribution in [2.45, 2.75) is 25.9 Å². The number of likely N-dealkylation sites (tertiary alicyclic amines) is 1. The molecule has 1 N–H and O–H groups in total. The average Bonchev–Trinajstić information content (AvgIpc) is 2.93. The summed E-state index contributed by atoms with van der Waals surface area (Å²) in [6.07, 6.45) is -0.224. The highest BCUT2D eigenvalue weighted by Crippen LogP contribution is 2.36. The SMILES string of the molecule is CC(C)Oc1cc([C@H]2CN(C)C(=O)[C@@H]2C(=O)Nc2ccccc2F)ccc1F. The number of halogens is 2. The Balaban J connectivity index is 1.90. The highest BCUT2D eigenvalue weighted by atomic mass is 19.1. The number of carbonyl (C=O) groups is 2. The van der Waals surface area contributed by atoms with Crippen LogP contribution in [0.4, 0.5) is 14.5 Å². The molecule has 0 saturated carbocycles.